The molecule has 0 aromatic carbocycles. The summed E-state index contributed by atoms with van der Waals surface area (Å²) in [4.78, 5) is 15.9. The van der Waals surface area contributed by atoms with Crippen molar-refractivity contribution in [1.29, 1.82) is 0 Å². The number of alkyl halides is 3. The summed E-state index contributed by atoms with van der Waals surface area (Å²) in [5.41, 5.74) is 6.42. The first-order chi connectivity index (χ1) is 18.7. The summed E-state index contributed by atoms with van der Waals surface area (Å²) < 4.78 is 45.8. The van der Waals surface area contributed by atoms with Crippen LogP contribution in [-0.4, -0.2) is 39.5 Å². The Morgan fingerprint density at radius 2 is 1.79 bits per heavy atom. The lowest BCUT2D eigenvalue weighted by atomic mass is 9.62. The van der Waals surface area contributed by atoms with Gasteiger partial charge in [-0.1, -0.05) is 39.5 Å². The summed E-state index contributed by atoms with van der Waals surface area (Å²) in [7, 11) is 0. The van der Waals surface area contributed by atoms with Crippen LogP contribution in [0.5, 0.6) is 0 Å². The molecule has 4 aliphatic rings. The van der Waals surface area contributed by atoms with Crippen LogP contribution in [0, 0.1) is 29.6 Å². The molecule has 2 N–H and O–H groups in total. The van der Waals surface area contributed by atoms with Gasteiger partial charge < -0.3 is 0 Å². The number of aromatic nitrogens is 2. The molecule has 2 saturated heterocycles. The highest BCUT2D eigenvalue weighted by molar-refractivity contribution is 5.56. The zero-order chi connectivity index (χ0) is 27.3. The van der Waals surface area contributed by atoms with Crippen LogP contribution >= 0.6 is 0 Å². The maximum Gasteiger partial charge on any atom is 0.418 e. The first-order valence-electron chi connectivity index (χ1n) is 15.2. The van der Waals surface area contributed by atoms with Crippen molar-refractivity contribution in [2.24, 2.45) is 29.6 Å². The van der Waals surface area contributed by atoms with E-state index in [0.29, 0.717) is 47.7 Å². The Hall–Kier alpha value is -1.84. The number of halogens is 3. The third-order valence-electron chi connectivity index (χ3n) is 10.3. The van der Waals surface area contributed by atoms with Crippen molar-refractivity contribution in [2.75, 3.05) is 19.6 Å². The van der Waals surface area contributed by atoms with E-state index >= 15 is 0 Å². The van der Waals surface area contributed by atoms with Gasteiger partial charge in [0.2, 0.25) is 0 Å². The fourth-order valence-electron chi connectivity index (χ4n) is 8.21. The highest BCUT2D eigenvalue weighted by Gasteiger charge is 2.44. The van der Waals surface area contributed by atoms with Crippen LogP contribution in [0.3, 0.4) is 0 Å². The molecule has 2 aromatic heterocycles. The van der Waals surface area contributed by atoms with E-state index in [2.05, 4.69) is 29.6 Å². The van der Waals surface area contributed by atoms with Crippen molar-refractivity contribution in [3.8, 4) is 0 Å². The number of hydrogen-bond acceptors (Lipinski definition) is 4. The minimum atomic E-state index is -4.52. The smallest absolute Gasteiger partial charge is 0.299 e. The molecule has 6 nitrogen and oxygen atoms in total. The number of piperidine rings is 1. The van der Waals surface area contributed by atoms with E-state index in [9.17, 15) is 18.0 Å². The molecule has 2 aliphatic carbocycles. The second-order valence-electron chi connectivity index (χ2n) is 13.2. The summed E-state index contributed by atoms with van der Waals surface area (Å²) in [6.07, 6.45) is 8.53. The molecule has 0 radical (unpaired) electrons. The first-order valence-corrected chi connectivity index (χ1v) is 15.2. The van der Waals surface area contributed by atoms with Crippen LogP contribution in [0.15, 0.2) is 23.3 Å². The fraction of sp³-hybridized carbons (Fsp3) is 0.767. The molecule has 9 heteroatoms. The Bertz CT molecular complexity index is 1220. The third kappa shape index (κ3) is 5.43. The molecular formula is C30H44F3N5O. The van der Waals surface area contributed by atoms with Gasteiger partial charge in [-0.2, -0.15) is 13.2 Å². The van der Waals surface area contributed by atoms with Crippen molar-refractivity contribution >= 4 is 5.52 Å². The Labute approximate surface area is 229 Å². The standard InChI is InChI=1S/C30H44F3N5O/c1-19-6-5-11-36(15-19)16-21-12-25(30(31,32)33)26-18-37(29(39)38(26)17-21)24-10-4-9-23(13-24)27(22-7-3-8-22)28-20(2)14-34-35-28/h12,17-20,22-24,27-28,34-35H,3-11,13-16H2,1-2H3/t19-,20?,23?,24?,27?,28?/m0/s1. The lowest BCUT2D eigenvalue weighted by Gasteiger charge is -2.45. The van der Waals surface area contributed by atoms with Crippen LogP contribution in [0.1, 0.15) is 88.8 Å². The predicted molar refractivity (Wildman–Crippen MR) is 146 cm³/mol. The summed E-state index contributed by atoms with van der Waals surface area (Å²) in [5.74, 6) is 2.81. The molecule has 6 atom stereocenters. The van der Waals surface area contributed by atoms with Crippen molar-refractivity contribution in [3.63, 3.8) is 0 Å². The number of fused-ring (bicyclic) bond motifs is 1. The predicted octanol–water partition coefficient (Wildman–Crippen LogP) is 5.61. The van der Waals surface area contributed by atoms with Gasteiger partial charge >= 0.3 is 11.9 Å². The van der Waals surface area contributed by atoms with Gasteiger partial charge in [0.05, 0.1) is 11.1 Å². The summed E-state index contributed by atoms with van der Waals surface area (Å²) in [6.45, 7) is 7.66. The molecule has 2 aromatic rings. The number of hydrogen-bond donors (Lipinski definition) is 2. The van der Waals surface area contributed by atoms with Gasteiger partial charge in [0.1, 0.15) is 0 Å². The molecule has 5 unspecified atom stereocenters. The number of rotatable bonds is 6. The van der Waals surface area contributed by atoms with Crippen LogP contribution < -0.4 is 16.5 Å². The van der Waals surface area contributed by atoms with Crippen LogP contribution in [-0.2, 0) is 12.7 Å². The summed E-state index contributed by atoms with van der Waals surface area (Å²) in [5, 5.41) is 0. The molecule has 2 aliphatic heterocycles. The van der Waals surface area contributed by atoms with Gasteiger partial charge in [0.15, 0.2) is 0 Å². The molecule has 4 heterocycles. The maximum absolute atomic E-state index is 14.3. The van der Waals surface area contributed by atoms with Gasteiger partial charge in [-0.15, -0.1) is 0 Å². The van der Waals surface area contributed by atoms with Crippen molar-refractivity contribution in [1.82, 2.24) is 24.7 Å². The molecule has 216 valence electrons. The van der Waals surface area contributed by atoms with Gasteiger partial charge in [-0.3, -0.25) is 24.7 Å². The quantitative estimate of drug-likeness (QED) is 0.494. The lowest BCUT2D eigenvalue weighted by molar-refractivity contribution is -0.136. The number of nitrogens with zero attached hydrogens (tertiary/aromatic N) is 3. The highest BCUT2D eigenvalue weighted by Crippen LogP contribution is 2.47. The normalized spacial score (nSPS) is 32.0. The number of imidazole rings is 1. The topological polar surface area (TPSA) is 53.7 Å². The van der Waals surface area contributed by atoms with Crippen LogP contribution in [0.25, 0.3) is 5.52 Å². The van der Waals surface area contributed by atoms with Crippen LogP contribution in [0.4, 0.5) is 13.2 Å². The van der Waals surface area contributed by atoms with E-state index in [0.717, 1.165) is 58.2 Å². The number of pyridine rings is 1. The van der Waals surface area contributed by atoms with Crippen LogP contribution in [0.2, 0.25) is 0 Å². The highest BCUT2D eigenvalue weighted by atomic mass is 19.4. The minimum Gasteiger partial charge on any atom is -0.299 e. The monoisotopic (exact) mass is 547 g/mol. The Kier molecular flexibility index (Phi) is 7.61. The second-order valence-corrected chi connectivity index (χ2v) is 13.2. The number of likely N-dealkylation sites (tertiary alicyclic amines) is 1. The lowest BCUT2D eigenvalue weighted by Crippen LogP contribution is -2.47. The summed E-state index contributed by atoms with van der Waals surface area (Å²) >= 11 is 0. The largest absolute Gasteiger partial charge is 0.418 e. The molecule has 6 rings (SSSR count). The summed E-state index contributed by atoms with van der Waals surface area (Å²) in [6, 6.07) is 1.63. The molecule has 0 bridgehead atoms. The minimum absolute atomic E-state index is 0.0174. The van der Waals surface area contributed by atoms with E-state index in [1.54, 1.807) is 10.8 Å². The average Bonchev–Trinajstić information content (AvgIpc) is 3.43. The fourth-order valence-corrected chi connectivity index (χ4v) is 8.21. The van der Waals surface area contributed by atoms with Crippen molar-refractivity contribution in [2.45, 2.75) is 96.4 Å². The van der Waals surface area contributed by atoms with E-state index in [-0.39, 0.29) is 17.2 Å². The number of nitrogens with one attached hydrogen (secondary N) is 2. The zero-order valence-electron chi connectivity index (χ0n) is 23.3. The van der Waals surface area contributed by atoms with Crippen molar-refractivity contribution < 1.29 is 13.2 Å². The van der Waals surface area contributed by atoms with Gasteiger partial charge in [0, 0.05) is 44.1 Å². The van der Waals surface area contributed by atoms with Crippen molar-refractivity contribution in [3.05, 3.63) is 40.1 Å². The molecule has 2 saturated carbocycles. The molecular weight excluding hydrogens is 503 g/mol. The average molecular weight is 548 g/mol. The van der Waals surface area contributed by atoms with E-state index in [1.165, 1.54) is 35.9 Å². The third-order valence-corrected chi connectivity index (χ3v) is 10.3. The van der Waals surface area contributed by atoms with E-state index in [4.69, 9.17) is 0 Å². The van der Waals surface area contributed by atoms with Gasteiger partial charge in [-0.25, -0.2) is 4.79 Å². The zero-order valence-corrected chi connectivity index (χ0v) is 23.3. The Morgan fingerprint density at radius 1 is 1.03 bits per heavy atom. The Balaban J connectivity index is 1.31. The second kappa shape index (κ2) is 10.9. The molecule has 39 heavy (non-hydrogen) atoms. The van der Waals surface area contributed by atoms with E-state index < -0.39 is 11.7 Å². The SMILES string of the molecule is CC1CNNC1C(C1CCC1)C1CCCC(n2cc3c(C(F)(F)F)cc(CN4CCC[C@H](C)C4)cn3c2=O)C1. The Morgan fingerprint density at radius 3 is 2.46 bits per heavy atom. The van der Waals surface area contributed by atoms with E-state index in [1.807, 2.05) is 0 Å². The first kappa shape index (κ1) is 27.3. The molecule has 0 spiro atoms. The van der Waals surface area contributed by atoms with Gasteiger partial charge in [-0.05, 0) is 79.9 Å². The maximum atomic E-state index is 14.3. The van der Waals surface area contributed by atoms with Gasteiger partial charge in [0.25, 0.3) is 0 Å². The number of hydrazine groups is 1. The molecule has 0 amide bonds. The molecule has 4 fully saturated rings.